The van der Waals surface area contributed by atoms with Crippen LogP contribution < -0.4 is 27.0 Å². The van der Waals surface area contributed by atoms with E-state index in [1.165, 1.54) is 16.7 Å². The molecule has 0 bridgehead atoms. The van der Waals surface area contributed by atoms with Crippen molar-refractivity contribution in [3.8, 4) is 0 Å². The van der Waals surface area contributed by atoms with Gasteiger partial charge in [0.2, 0.25) is 35.4 Å². The number of amides is 8. The molecule has 1 aromatic carbocycles. The molecule has 2 atom stereocenters. The topological polar surface area (TPSA) is 230 Å². The molecular formula is C42H68N8O9S. The summed E-state index contributed by atoms with van der Waals surface area (Å²) < 4.78 is 5.25. The number of urea groups is 1. The molecule has 6 N–H and O–H groups in total. The summed E-state index contributed by atoms with van der Waals surface area (Å²) >= 11 is 1.21. The van der Waals surface area contributed by atoms with Gasteiger partial charge >= 0.3 is 12.0 Å². The van der Waals surface area contributed by atoms with Gasteiger partial charge in [-0.05, 0) is 61.1 Å². The summed E-state index contributed by atoms with van der Waals surface area (Å²) in [6, 6.07) is 3.96. The van der Waals surface area contributed by atoms with Crippen LogP contribution in [0.4, 0.5) is 10.5 Å². The lowest BCUT2D eigenvalue weighted by molar-refractivity contribution is -0.159. The molecule has 17 nitrogen and oxygen atoms in total. The lowest BCUT2D eigenvalue weighted by atomic mass is 10.0. The van der Waals surface area contributed by atoms with Crippen molar-refractivity contribution in [2.75, 3.05) is 43.4 Å². The number of hydrogen-bond acceptors (Lipinski definition) is 10. The Kier molecular flexibility index (Phi) is 22.5. The van der Waals surface area contributed by atoms with Crippen LogP contribution in [-0.2, 0) is 44.9 Å². The number of primary amides is 1. The molecule has 0 spiro atoms. The molecule has 0 unspecified atom stereocenters. The van der Waals surface area contributed by atoms with Crippen LogP contribution in [0.3, 0.4) is 0 Å². The predicted molar refractivity (Wildman–Crippen MR) is 230 cm³/mol. The highest BCUT2D eigenvalue weighted by Crippen LogP contribution is 2.18. The fraction of sp³-hybridized carbons (Fsp3) is 0.667. The first-order valence-electron chi connectivity index (χ1n) is 20.9. The Morgan fingerprint density at radius 3 is 1.73 bits per heavy atom. The highest BCUT2D eigenvalue weighted by molar-refractivity contribution is 7.99. The molecule has 2 rings (SSSR count). The van der Waals surface area contributed by atoms with Gasteiger partial charge in [0.1, 0.15) is 18.7 Å². The second-order valence-corrected chi connectivity index (χ2v) is 17.7. The maximum Gasteiger partial charge on any atom is 0.312 e. The largest absolute Gasteiger partial charge is 0.461 e. The lowest BCUT2D eigenvalue weighted by Gasteiger charge is -2.42. The molecule has 1 aromatic rings. The van der Waals surface area contributed by atoms with Crippen LogP contribution in [0.15, 0.2) is 24.3 Å². The molecule has 1 aliphatic heterocycles. The molecule has 60 heavy (non-hydrogen) atoms. The van der Waals surface area contributed by atoms with E-state index in [0.717, 1.165) is 5.56 Å². The first kappa shape index (κ1) is 51.3. The predicted octanol–water partition coefficient (Wildman–Crippen LogP) is 3.77. The summed E-state index contributed by atoms with van der Waals surface area (Å²) in [6.07, 6.45) is 2.58. The summed E-state index contributed by atoms with van der Waals surface area (Å²) in [6.45, 7) is 15.7. The monoisotopic (exact) mass is 860 g/mol. The van der Waals surface area contributed by atoms with Gasteiger partial charge in [0.05, 0.1) is 31.7 Å². The molecule has 1 aliphatic rings. The number of nitrogens with zero attached hydrogens (tertiary/aromatic N) is 3. The van der Waals surface area contributed by atoms with Crippen molar-refractivity contribution in [3.05, 3.63) is 29.8 Å². The van der Waals surface area contributed by atoms with Crippen LogP contribution in [0.2, 0.25) is 0 Å². The molecule has 0 radical (unpaired) electrons. The lowest BCUT2D eigenvalue weighted by Crippen LogP contribution is -2.59. The maximum atomic E-state index is 13.6. The number of rotatable bonds is 24. The zero-order chi connectivity index (χ0) is 44.9. The average molecular weight is 861 g/mol. The third-order valence-corrected chi connectivity index (χ3v) is 10.5. The summed E-state index contributed by atoms with van der Waals surface area (Å²) in [5, 5.41) is 10.8. The minimum absolute atomic E-state index is 0.0429. The van der Waals surface area contributed by atoms with Crippen molar-refractivity contribution in [1.29, 1.82) is 0 Å². The standard InChI is InChI=1S/C42H68N8O9S/c1-27(2)11-17-35(52)48-24-49(36(53)18-12-28(3)4)26-50(25-48)37(54)19-21-60-23-34(51)47-38(29(5)6)40(56)46-33(10-9-20-44-42(43)58)39(55)45-32-15-13-31(14-16-32)22-59-41(57)30(7)8/h13-16,27-30,33,38H,9-12,17-26H2,1-8H3,(H,45,55)(H,46,56)(H,47,51)(H3,43,44,58)/t33-,38-/m0/s1. The van der Waals surface area contributed by atoms with Gasteiger partial charge < -0.3 is 46.4 Å². The normalized spacial score (nSPS) is 13.9. The van der Waals surface area contributed by atoms with E-state index >= 15 is 0 Å². The Bertz CT molecular complexity index is 1570. The number of carbonyl (C=O) groups excluding carboxylic acids is 8. The van der Waals surface area contributed by atoms with Gasteiger partial charge in [-0.2, -0.15) is 11.8 Å². The van der Waals surface area contributed by atoms with Gasteiger partial charge in [0, 0.05) is 37.2 Å². The van der Waals surface area contributed by atoms with E-state index in [1.54, 1.807) is 61.8 Å². The molecule has 0 aromatic heterocycles. The van der Waals surface area contributed by atoms with Crippen molar-refractivity contribution < 1.29 is 43.1 Å². The number of hydrogen-bond donors (Lipinski definition) is 5. The van der Waals surface area contributed by atoms with Gasteiger partial charge in [-0.15, -0.1) is 0 Å². The van der Waals surface area contributed by atoms with E-state index in [9.17, 15) is 38.4 Å². The van der Waals surface area contributed by atoms with Crippen molar-refractivity contribution in [1.82, 2.24) is 30.7 Å². The second-order valence-electron chi connectivity index (χ2n) is 16.6. The van der Waals surface area contributed by atoms with Crippen LogP contribution >= 0.6 is 11.8 Å². The first-order valence-corrected chi connectivity index (χ1v) is 22.0. The van der Waals surface area contributed by atoms with Gasteiger partial charge in [0.15, 0.2) is 0 Å². The van der Waals surface area contributed by atoms with Gasteiger partial charge in [-0.1, -0.05) is 67.5 Å². The van der Waals surface area contributed by atoms with Crippen molar-refractivity contribution in [2.45, 2.75) is 119 Å². The highest BCUT2D eigenvalue weighted by atomic mass is 32.2. The molecule has 1 heterocycles. The van der Waals surface area contributed by atoms with Gasteiger partial charge in [-0.3, -0.25) is 33.6 Å². The maximum absolute atomic E-state index is 13.6. The number of esters is 1. The van der Waals surface area contributed by atoms with E-state index < -0.39 is 35.8 Å². The van der Waals surface area contributed by atoms with E-state index in [-0.39, 0.29) is 93.0 Å². The number of nitrogens with one attached hydrogen (secondary N) is 4. The van der Waals surface area contributed by atoms with Crippen molar-refractivity contribution in [2.24, 2.45) is 29.4 Å². The summed E-state index contributed by atoms with van der Waals surface area (Å²) in [5.41, 5.74) is 6.34. The molecule has 0 saturated carbocycles. The second kappa shape index (κ2) is 26.4. The molecule has 1 fully saturated rings. The Labute approximate surface area is 359 Å². The number of ether oxygens (including phenoxy) is 1. The molecule has 336 valence electrons. The fourth-order valence-corrected chi connectivity index (χ4v) is 6.61. The van der Waals surface area contributed by atoms with Crippen LogP contribution in [0.25, 0.3) is 0 Å². The van der Waals surface area contributed by atoms with Gasteiger partial charge in [-0.25, -0.2) is 4.79 Å². The number of nitrogens with two attached hydrogens (primary N) is 1. The number of benzene rings is 1. The fourth-order valence-electron chi connectivity index (χ4n) is 5.88. The minimum atomic E-state index is -1.03. The molecule has 8 amide bonds. The Morgan fingerprint density at radius 1 is 0.717 bits per heavy atom. The number of thioether (sulfide) groups is 1. The van der Waals surface area contributed by atoms with Crippen molar-refractivity contribution in [3.63, 3.8) is 0 Å². The van der Waals surface area contributed by atoms with Crippen LogP contribution in [0.1, 0.15) is 106 Å². The highest BCUT2D eigenvalue weighted by Gasteiger charge is 2.32. The van der Waals surface area contributed by atoms with E-state index in [4.69, 9.17) is 10.5 Å². The molecule has 1 saturated heterocycles. The van der Waals surface area contributed by atoms with Gasteiger partial charge in [0.25, 0.3) is 0 Å². The third kappa shape index (κ3) is 19.5. The zero-order valence-corrected chi connectivity index (χ0v) is 37.5. The Balaban J connectivity index is 2.00. The SMILES string of the molecule is CC(C)CCC(=O)N1CN(C(=O)CCSCC(=O)N[C@H](C(=O)N[C@@H](CCCNC(N)=O)C(=O)Nc2ccc(COC(=O)C(C)C)cc2)C(C)C)CN(C(=O)CCC(C)C)C1. The zero-order valence-electron chi connectivity index (χ0n) is 36.7. The quantitative estimate of drug-likeness (QED) is 0.0747. The van der Waals surface area contributed by atoms with E-state index in [0.29, 0.717) is 49.6 Å². The average Bonchev–Trinajstić information content (AvgIpc) is 3.19. The van der Waals surface area contributed by atoms with E-state index in [1.807, 2.05) is 27.7 Å². The summed E-state index contributed by atoms with van der Waals surface area (Å²) in [5.74, 6) is -2.04. The molecule has 0 aliphatic carbocycles. The Hall–Kier alpha value is -4.87. The molecule has 18 heteroatoms. The van der Waals surface area contributed by atoms with E-state index in [2.05, 4.69) is 21.3 Å². The van der Waals surface area contributed by atoms with Crippen molar-refractivity contribution >= 4 is 64.9 Å². The smallest absolute Gasteiger partial charge is 0.312 e. The first-order chi connectivity index (χ1) is 28.3. The van der Waals surface area contributed by atoms with Crippen LogP contribution in [0.5, 0.6) is 0 Å². The van der Waals surface area contributed by atoms with Crippen LogP contribution in [0, 0.1) is 23.7 Å². The number of anilines is 1. The minimum Gasteiger partial charge on any atom is -0.461 e. The summed E-state index contributed by atoms with van der Waals surface area (Å²) in [4.78, 5) is 107. The van der Waals surface area contributed by atoms with Crippen LogP contribution in [-0.4, -0.2) is 112 Å². The third-order valence-electron chi connectivity index (χ3n) is 9.59. The summed E-state index contributed by atoms with van der Waals surface area (Å²) in [7, 11) is 0. The molecular weight excluding hydrogens is 793 g/mol. The number of carbonyl (C=O) groups is 8. The Morgan fingerprint density at radius 2 is 1.25 bits per heavy atom.